The Balaban J connectivity index is 2.17. The third-order valence-corrected chi connectivity index (χ3v) is 3.64. The number of nitrogens with zero attached hydrogens (tertiary/aromatic N) is 1. The van der Waals surface area contributed by atoms with Gasteiger partial charge in [-0.05, 0) is 31.9 Å². The van der Waals surface area contributed by atoms with Gasteiger partial charge in [0, 0.05) is 18.7 Å². The highest BCUT2D eigenvalue weighted by atomic mass is 16.6. The molecule has 3 N–H and O–H groups in total. The molecule has 7 nitrogen and oxygen atoms in total. The van der Waals surface area contributed by atoms with Crippen LogP contribution in [0.1, 0.15) is 29.3 Å². The number of carbonyl (C=O) groups is 1. The lowest BCUT2D eigenvalue weighted by Gasteiger charge is -2.42. The quantitative estimate of drug-likeness (QED) is 0.625. The van der Waals surface area contributed by atoms with Crippen LogP contribution < -0.4 is 11.1 Å². The number of hydrogen-bond acceptors (Lipinski definition) is 5. The Morgan fingerprint density at radius 2 is 2.29 bits per heavy atom. The molecule has 7 heteroatoms. The van der Waals surface area contributed by atoms with Gasteiger partial charge < -0.3 is 15.8 Å². The van der Waals surface area contributed by atoms with Crippen LogP contribution in [-0.4, -0.2) is 35.6 Å². The van der Waals surface area contributed by atoms with Crippen LogP contribution in [0.5, 0.6) is 0 Å². The van der Waals surface area contributed by atoms with Gasteiger partial charge >= 0.3 is 0 Å². The molecule has 0 aliphatic heterocycles. The lowest BCUT2D eigenvalue weighted by Crippen LogP contribution is -2.64. The van der Waals surface area contributed by atoms with Gasteiger partial charge in [-0.25, -0.2) is 0 Å². The number of nitro groups is 1. The van der Waals surface area contributed by atoms with Crippen LogP contribution >= 0.6 is 0 Å². The Morgan fingerprint density at radius 1 is 1.57 bits per heavy atom. The number of ether oxygens (including phenoxy) is 1. The van der Waals surface area contributed by atoms with Crippen LogP contribution in [0, 0.1) is 17.0 Å². The van der Waals surface area contributed by atoms with E-state index in [9.17, 15) is 14.9 Å². The minimum Gasteiger partial charge on any atom is -0.376 e. The van der Waals surface area contributed by atoms with Crippen molar-refractivity contribution in [3.63, 3.8) is 0 Å². The van der Waals surface area contributed by atoms with Crippen molar-refractivity contribution in [3.8, 4) is 0 Å². The molecule has 3 atom stereocenters. The zero-order valence-corrected chi connectivity index (χ0v) is 12.0. The summed E-state index contributed by atoms with van der Waals surface area (Å²) < 4.78 is 5.47. The number of carbonyl (C=O) groups excluding carboxylic acids is 1. The second-order valence-electron chi connectivity index (χ2n) is 5.17. The monoisotopic (exact) mass is 293 g/mol. The van der Waals surface area contributed by atoms with Crippen LogP contribution in [-0.2, 0) is 4.74 Å². The predicted molar refractivity (Wildman–Crippen MR) is 77.1 cm³/mol. The van der Waals surface area contributed by atoms with E-state index in [1.54, 1.807) is 13.0 Å². The van der Waals surface area contributed by atoms with E-state index in [4.69, 9.17) is 10.5 Å². The molecular formula is C14H19N3O4. The maximum Gasteiger partial charge on any atom is 0.282 e. The third-order valence-electron chi connectivity index (χ3n) is 3.64. The van der Waals surface area contributed by atoms with Crippen LogP contribution in [0.4, 0.5) is 5.69 Å². The van der Waals surface area contributed by atoms with Crippen molar-refractivity contribution in [1.29, 1.82) is 0 Å². The van der Waals surface area contributed by atoms with E-state index in [1.807, 2.05) is 6.92 Å². The van der Waals surface area contributed by atoms with E-state index in [2.05, 4.69) is 5.32 Å². The van der Waals surface area contributed by atoms with Crippen molar-refractivity contribution < 1.29 is 14.5 Å². The molecule has 0 spiro atoms. The van der Waals surface area contributed by atoms with Crippen molar-refractivity contribution in [2.75, 3.05) is 6.61 Å². The van der Waals surface area contributed by atoms with Gasteiger partial charge in [0.25, 0.3) is 11.6 Å². The van der Waals surface area contributed by atoms with Gasteiger partial charge in [-0.15, -0.1) is 0 Å². The predicted octanol–water partition coefficient (Wildman–Crippen LogP) is 1.14. The van der Waals surface area contributed by atoms with Gasteiger partial charge in [0.2, 0.25) is 0 Å². The zero-order valence-electron chi connectivity index (χ0n) is 12.0. The summed E-state index contributed by atoms with van der Waals surface area (Å²) in [5.74, 6) is -0.491. The van der Waals surface area contributed by atoms with Gasteiger partial charge in [0.1, 0.15) is 5.56 Å². The summed E-state index contributed by atoms with van der Waals surface area (Å²) in [4.78, 5) is 22.7. The summed E-state index contributed by atoms with van der Waals surface area (Å²) in [5, 5.41) is 13.8. The Kier molecular flexibility index (Phi) is 4.54. The van der Waals surface area contributed by atoms with E-state index >= 15 is 0 Å². The first-order valence-electron chi connectivity index (χ1n) is 6.87. The highest BCUT2D eigenvalue weighted by molar-refractivity contribution is 5.98. The summed E-state index contributed by atoms with van der Waals surface area (Å²) in [6.45, 7) is 4.18. The summed E-state index contributed by atoms with van der Waals surface area (Å²) in [6, 6.07) is 3.96. The highest BCUT2D eigenvalue weighted by Crippen LogP contribution is 2.25. The van der Waals surface area contributed by atoms with Crippen LogP contribution in [0.3, 0.4) is 0 Å². The highest BCUT2D eigenvalue weighted by Gasteiger charge is 2.41. The number of nitrogens with two attached hydrogens (primary N) is 1. The molecule has 0 heterocycles. The number of benzene rings is 1. The smallest absolute Gasteiger partial charge is 0.282 e. The van der Waals surface area contributed by atoms with Crippen molar-refractivity contribution in [2.45, 2.75) is 38.5 Å². The maximum atomic E-state index is 12.3. The Bertz CT molecular complexity index is 559. The Labute approximate surface area is 122 Å². The molecule has 114 valence electrons. The molecule has 3 unspecified atom stereocenters. The molecule has 0 saturated heterocycles. The van der Waals surface area contributed by atoms with E-state index in [0.717, 1.165) is 5.56 Å². The van der Waals surface area contributed by atoms with E-state index in [1.165, 1.54) is 12.1 Å². The molecule has 1 fully saturated rings. The number of rotatable bonds is 5. The Hall–Kier alpha value is -1.99. The average Bonchev–Trinajstić information content (AvgIpc) is 2.44. The largest absolute Gasteiger partial charge is 0.376 e. The molecule has 1 aliphatic rings. The SMILES string of the molecule is CCOC1CC(N)C1NC(=O)c1cc(C)ccc1[N+](=O)[O-]. The van der Waals surface area contributed by atoms with Gasteiger partial charge in [-0.2, -0.15) is 0 Å². The van der Waals surface area contributed by atoms with Crippen molar-refractivity contribution in [3.05, 3.63) is 39.4 Å². The van der Waals surface area contributed by atoms with Gasteiger partial charge in [0.15, 0.2) is 0 Å². The molecule has 2 rings (SSSR count). The van der Waals surface area contributed by atoms with E-state index in [0.29, 0.717) is 13.0 Å². The molecule has 0 radical (unpaired) electrons. The summed E-state index contributed by atoms with van der Waals surface area (Å²) in [7, 11) is 0. The van der Waals surface area contributed by atoms with Crippen LogP contribution in [0.15, 0.2) is 18.2 Å². The summed E-state index contributed by atoms with van der Waals surface area (Å²) in [5.41, 5.74) is 6.49. The minimum absolute atomic E-state index is 0.0503. The molecule has 21 heavy (non-hydrogen) atoms. The molecule has 1 saturated carbocycles. The number of aryl methyl sites for hydroxylation is 1. The van der Waals surface area contributed by atoms with Crippen LogP contribution in [0.25, 0.3) is 0 Å². The third kappa shape index (κ3) is 3.20. The maximum absolute atomic E-state index is 12.3. The second-order valence-corrected chi connectivity index (χ2v) is 5.17. The topological polar surface area (TPSA) is 107 Å². The van der Waals surface area contributed by atoms with Gasteiger partial charge in [-0.3, -0.25) is 14.9 Å². The zero-order chi connectivity index (χ0) is 15.6. The average molecular weight is 293 g/mol. The number of nitro benzene ring substituents is 1. The van der Waals surface area contributed by atoms with E-state index < -0.39 is 10.8 Å². The van der Waals surface area contributed by atoms with Gasteiger partial charge in [0.05, 0.1) is 17.1 Å². The molecule has 1 aromatic carbocycles. The number of hydrogen-bond donors (Lipinski definition) is 2. The molecular weight excluding hydrogens is 274 g/mol. The summed E-state index contributed by atoms with van der Waals surface area (Å²) >= 11 is 0. The minimum atomic E-state index is -0.560. The first kappa shape index (κ1) is 15.4. The number of amides is 1. The van der Waals surface area contributed by atoms with Crippen molar-refractivity contribution in [1.82, 2.24) is 5.32 Å². The normalized spacial score (nSPS) is 24.2. The Morgan fingerprint density at radius 3 is 2.86 bits per heavy atom. The molecule has 0 bridgehead atoms. The van der Waals surface area contributed by atoms with E-state index in [-0.39, 0.29) is 29.4 Å². The second kappa shape index (κ2) is 6.19. The molecule has 1 amide bonds. The summed E-state index contributed by atoms with van der Waals surface area (Å²) in [6.07, 6.45) is 0.548. The molecule has 0 aromatic heterocycles. The van der Waals surface area contributed by atoms with Crippen molar-refractivity contribution >= 4 is 11.6 Å². The standard InChI is InChI=1S/C14H19N3O4/c1-3-21-12-7-10(15)13(12)16-14(18)9-6-8(2)4-5-11(9)17(19)20/h4-6,10,12-13H,3,7,15H2,1-2H3,(H,16,18). The van der Waals surface area contributed by atoms with Crippen LogP contribution in [0.2, 0.25) is 0 Å². The molecule has 1 aromatic rings. The molecule has 1 aliphatic carbocycles. The first-order chi connectivity index (χ1) is 9.93. The van der Waals surface area contributed by atoms with Crippen molar-refractivity contribution in [2.24, 2.45) is 5.73 Å². The fourth-order valence-electron chi connectivity index (χ4n) is 2.45. The lowest BCUT2D eigenvalue weighted by molar-refractivity contribution is -0.385. The van der Waals surface area contributed by atoms with Gasteiger partial charge in [-0.1, -0.05) is 6.07 Å². The fourth-order valence-corrected chi connectivity index (χ4v) is 2.45. The lowest BCUT2D eigenvalue weighted by atomic mass is 9.83. The first-order valence-corrected chi connectivity index (χ1v) is 6.87. The fraction of sp³-hybridized carbons (Fsp3) is 0.500. The number of nitrogens with one attached hydrogen (secondary N) is 1.